The Morgan fingerprint density at radius 2 is 2.18 bits per heavy atom. The third-order valence-electron chi connectivity index (χ3n) is 2.60. The average molecular weight is 235 g/mol. The molecule has 1 aliphatic rings. The van der Waals surface area contributed by atoms with E-state index in [0.717, 1.165) is 0 Å². The molecule has 0 saturated carbocycles. The van der Waals surface area contributed by atoms with E-state index in [9.17, 15) is 4.79 Å². The summed E-state index contributed by atoms with van der Waals surface area (Å²) in [6.07, 6.45) is -0.622. The van der Waals surface area contributed by atoms with Crippen LogP contribution < -0.4 is 4.74 Å². The van der Waals surface area contributed by atoms with Crippen molar-refractivity contribution >= 4 is 11.9 Å². The van der Waals surface area contributed by atoms with Gasteiger partial charge in [-0.15, -0.1) is 0 Å². The number of methoxy groups -OCH3 is 1. The first kappa shape index (κ1) is 11.4. The summed E-state index contributed by atoms with van der Waals surface area (Å²) in [5.41, 5.74) is 0.697. The first-order valence-corrected chi connectivity index (χ1v) is 5.20. The number of carboxylic acid groups (broad SMARTS) is 1. The first-order chi connectivity index (χ1) is 8.13. The fourth-order valence-electron chi connectivity index (χ4n) is 1.86. The van der Waals surface area contributed by atoms with Crippen LogP contribution in [0.5, 0.6) is 5.75 Å². The molecule has 1 N–H and O–H groups in total. The number of benzene rings is 1. The molecule has 1 aliphatic heterocycles. The van der Waals surface area contributed by atoms with Crippen molar-refractivity contribution in [2.24, 2.45) is 4.99 Å². The largest absolute Gasteiger partial charge is 0.496 e. The van der Waals surface area contributed by atoms with Gasteiger partial charge < -0.3 is 14.6 Å². The van der Waals surface area contributed by atoms with Gasteiger partial charge in [0.25, 0.3) is 0 Å². The summed E-state index contributed by atoms with van der Waals surface area (Å²) in [4.78, 5) is 15.1. The van der Waals surface area contributed by atoms with Crippen LogP contribution >= 0.6 is 0 Å². The fourth-order valence-corrected chi connectivity index (χ4v) is 1.86. The molecule has 0 fully saturated rings. The zero-order chi connectivity index (χ0) is 12.4. The highest BCUT2D eigenvalue weighted by Gasteiger charge is 2.37. The summed E-state index contributed by atoms with van der Waals surface area (Å²) in [7, 11) is 1.54. The molecule has 2 atom stereocenters. The molecule has 17 heavy (non-hydrogen) atoms. The van der Waals surface area contributed by atoms with Crippen molar-refractivity contribution < 1.29 is 19.4 Å². The van der Waals surface area contributed by atoms with E-state index in [2.05, 4.69) is 4.99 Å². The SMILES string of the molecule is COc1ccccc1C1OC(C)=NC1C(=O)O. The minimum absolute atomic E-state index is 0.383. The lowest BCUT2D eigenvalue weighted by atomic mass is 10.0. The maximum Gasteiger partial charge on any atom is 0.332 e. The number of nitrogens with zero attached hydrogens (tertiary/aromatic N) is 1. The van der Waals surface area contributed by atoms with Crippen molar-refractivity contribution in [3.63, 3.8) is 0 Å². The van der Waals surface area contributed by atoms with E-state index in [1.54, 1.807) is 19.1 Å². The molecule has 1 aromatic carbocycles. The lowest BCUT2D eigenvalue weighted by molar-refractivity contribution is -0.140. The molecule has 0 radical (unpaired) electrons. The van der Waals surface area contributed by atoms with E-state index in [1.807, 2.05) is 12.1 Å². The van der Waals surface area contributed by atoms with Crippen molar-refractivity contribution in [2.75, 3.05) is 7.11 Å². The molecule has 2 rings (SSSR count). The number of carboxylic acids is 1. The minimum atomic E-state index is -1.00. The zero-order valence-electron chi connectivity index (χ0n) is 9.58. The van der Waals surface area contributed by atoms with Gasteiger partial charge >= 0.3 is 5.97 Å². The fraction of sp³-hybridized carbons (Fsp3) is 0.333. The zero-order valence-corrected chi connectivity index (χ0v) is 9.58. The summed E-state index contributed by atoms with van der Waals surface area (Å²) in [6.45, 7) is 1.64. The van der Waals surface area contributed by atoms with E-state index in [4.69, 9.17) is 14.6 Å². The second-order valence-electron chi connectivity index (χ2n) is 3.71. The Morgan fingerprint density at radius 1 is 1.47 bits per heavy atom. The maximum absolute atomic E-state index is 11.1. The van der Waals surface area contributed by atoms with Gasteiger partial charge in [-0.2, -0.15) is 0 Å². The van der Waals surface area contributed by atoms with Gasteiger partial charge in [0.15, 0.2) is 18.0 Å². The molecule has 1 aromatic rings. The number of rotatable bonds is 3. The molecule has 1 heterocycles. The topological polar surface area (TPSA) is 68.1 Å². The standard InChI is InChI=1S/C12H13NO4/c1-7-13-10(12(14)15)11(17-7)8-5-3-4-6-9(8)16-2/h3-6,10-11H,1-2H3,(H,14,15). The quantitative estimate of drug-likeness (QED) is 0.864. The van der Waals surface area contributed by atoms with Gasteiger partial charge in [-0.25, -0.2) is 9.79 Å². The van der Waals surface area contributed by atoms with Crippen LogP contribution in [-0.2, 0) is 9.53 Å². The molecule has 90 valence electrons. The summed E-state index contributed by atoms with van der Waals surface area (Å²) >= 11 is 0. The molecule has 0 amide bonds. The number of aliphatic carboxylic acids is 1. The Hall–Kier alpha value is -2.04. The highest BCUT2D eigenvalue weighted by Crippen LogP contribution is 2.34. The predicted octanol–water partition coefficient (Wildman–Crippen LogP) is 1.64. The van der Waals surface area contributed by atoms with Crippen molar-refractivity contribution in [2.45, 2.75) is 19.1 Å². The molecule has 5 nitrogen and oxygen atoms in total. The molecule has 0 aliphatic carbocycles. The van der Waals surface area contributed by atoms with Crippen LogP contribution in [0.3, 0.4) is 0 Å². The highest BCUT2D eigenvalue weighted by atomic mass is 16.5. The number of hydrogen-bond acceptors (Lipinski definition) is 4. The molecule has 5 heteroatoms. The molecule has 0 aromatic heterocycles. The third-order valence-corrected chi connectivity index (χ3v) is 2.60. The number of aliphatic imine (C=N–C) groups is 1. The Bertz CT molecular complexity index is 469. The van der Waals surface area contributed by atoms with Crippen LogP contribution in [0.1, 0.15) is 18.6 Å². The number of para-hydroxylation sites is 1. The minimum Gasteiger partial charge on any atom is -0.496 e. The molecule has 0 spiro atoms. The second kappa shape index (κ2) is 4.45. The van der Waals surface area contributed by atoms with E-state index in [-0.39, 0.29) is 0 Å². The van der Waals surface area contributed by atoms with Crippen molar-refractivity contribution in [3.05, 3.63) is 29.8 Å². The number of hydrogen-bond donors (Lipinski definition) is 1. The monoisotopic (exact) mass is 235 g/mol. The highest BCUT2D eigenvalue weighted by molar-refractivity contribution is 5.84. The smallest absolute Gasteiger partial charge is 0.332 e. The van der Waals surface area contributed by atoms with Crippen molar-refractivity contribution in [1.82, 2.24) is 0 Å². The van der Waals surface area contributed by atoms with Gasteiger partial charge in [-0.1, -0.05) is 18.2 Å². The van der Waals surface area contributed by atoms with Gasteiger partial charge in [0.2, 0.25) is 0 Å². The van der Waals surface area contributed by atoms with E-state index in [1.165, 1.54) is 7.11 Å². The molecular weight excluding hydrogens is 222 g/mol. The van der Waals surface area contributed by atoms with Crippen LogP contribution in [-0.4, -0.2) is 30.1 Å². The van der Waals surface area contributed by atoms with Crippen LogP contribution in [0.25, 0.3) is 0 Å². The molecule has 0 bridgehead atoms. The molecule has 0 saturated heterocycles. The number of ether oxygens (including phenoxy) is 2. The lowest BCUT2D eigenvalue weighted by Gasteiger charge is -2.17. The van der Waals surface area contributed by atoms with Gasteiger partial charge in [-0.05, 0) is 6.07 Å². The Morgan fingerprint density at radius 3 is 2.82 bits per heavy atom. The molecular formula is C12H13NO4. The lowest BCUT2D eigenvalue weighted by Crippen LogP contribution is -2.23. The average Bonchev–Trinajstić information content (AvgIpc) is 2.71. The van der Waals surface area contributed by atoms with Crippen molar-refractivity contribution in [3.8, 4) is 5.75 Å². The Kier molecular flexibility index (Phi) is 2.99. The normalized spacial score (nSPS) is 22.8. The molecule has 2 unspecified atom stereocenters. The van der Waals surface area contributed by atoms with E-state index >= 15 is 0 Å². The van der Waals surface area contributed by atoms with Crippen molar-refractivity contribution in [1.29, 1.82) is 0 Å². The Labute approximate surface area is 98.7 Å². The van der Waals surface area contributed by atoms with Crippen LogP contribution in [0.4, 0.5) is 0 Å². The number of carbonyl (C=O) groups is 1. The maximum atomic E-state index is 11.1. The van der Waals surface area contributed by atoms with Crippen LogP contribution in [0, 0.1) is 0 Å². The first-order valence-electron chi connectivity index (χ1n) is 5.20. The van der Waals surface area contributed by atoms with Gasteiger partial charge in [-0.3, -0.25) is 0 Å². The van der Waals surface area contributed by atoms with E-state index in [0.29, 0.717) is 17.2 Å². The summed E-state index contributed by atoms with van der Waals surface area (Å²) in [5.74, 6) is -0.0142. The third kappa shape index (κ3) is 2.08. The Balaban J connectivity index is 2.37. The van der Waals surface area contributed by atoms with Crippen LogP contribution in [0.2, 0.25) is 0 Å². The van der Waals surface area contributed by atoms with E-state index < -0.39 is 18.1 Å². The van der Waals surface area contributed by atoms with Gasteiger partial charge in [0.1, 0.15) is 5.75 Å². The summed E-state index contributed by atoms with van der Waals surface area (Å²) in [5, 5.41) is 9.10. The summed E-state index contributed by atoms with van der Waals surface area (Å²) in [6, 6.07) is 6.28. The summed E-state index contributed by atoms with van der Waals surface area (Å²) < 4.78 is 10.7. The van der Waals surface area contributed by atoms with Gasteiger partial charge in [0.05, 0.1) is 7.11 Å². The van der Waals surface area contributed by atoms with Crippen LogP contribution in [0.15, 0.2) is 29.3 Å². The van der Waals surface area contributed by atoms with Gasteiger partial charge in [0, 0.05) is 12.5 Å². The second-order valence-corrected chi connectivity index (χ2v) is 3.71. The predicted molar refractivity (Wildman–Crippen MR) is 61.4 cm³/mol.